The van der Waals surface area contributed by atoms with E-state index in [1.54, 1.807) is 17.5 Å². The molecule has 5 heterocycles. The number of hydrogen-bond donors (Lipinski definition) is 0. The minimum absolute atomic E-state index is 0.0243. The lowest BCUT2D eigenvalue weighted by Crippen LogP contribution is -2.48. The van der Waals surface area contributed by atoms with E-state index >= 15 is 0 Å². The number of aromatic nitrogens is 4. The van der Waals surface area contributed by atoms with Crippen LogP contribution in [0.15, 0.2) is 46.6 Å². The molecule has 0 aliphatic carbocycles. The molecule has 0 N–H and O–H groups in total. The second-order valence-electron chi connectivity index (χ2n) is 7.15. The first-order valence-corrected chi connectivity index (χ1v) is 10.4. The van der Waals surface area contributed by atoms with Crippen molar-refractivity contribution in [1.82, 2.24) is 29.3 Å². The monoisotopic (exact) mass is 408 g/mol. The van der Waals surface area contributed by atoms with Crippen molar-refractivity contribution in [3.63, 3.8) is 0 Å². The van der Waals surface area contributed by atoms with Crippen molar-refractivity contribution < 1.29 is 9.32 Å². The molecule has 1 saturated heterocycles. The summed E-state index contributed by atoms with van der Waals surface area (Å²) in [5.74, 6) is 1.21. The fourth-order valence-corrected chi connectivity index (χ4v) is 4.12. The van der Waals surface area contributed by atoms with E-state index in [1.165, 1.54) is 0 Å². The highest BCUT2D eigenvalue weighted by Gasteiger charge is 2.25. The Bertz CT molecular complexity index is 1140. The van der Waals surface area contributed by atoms with Gasteiger partial charge in [-0.25, -0.2) is 4.98 Å². The number of aryl methyl sites for hydroxylation is 1. The number of carbonyl (C=O) groups is 1. The first kappa shape index (κ1) is 18.0. The Hall–Kier alpha value is -3.04. The van der Waals surface area contributed by atoms with Gasteiger partial charge in [0.2, 0.25) is 11.7 Å². The molecule has 1 aliphatic heterocycles. The number of rotatable bonds is 4. The smallest absolute Gasteiger partial charge is 0.274 e. The van der Waals surface area contributed by atoms with Crippen LogP contribution in [-0.4, -0.2) is 61.4 Å². The lowest BCUT2D eigenvalue weighted by molar-refractivity contribution is 0.0610. The van der Waals surface area contributed by atoms with Crippen LogP contribution in [0, 0.1) is 6.92 Å². The number of nitrogens with zero attached hydrogens (tertiary/aromatic N) is 6. The van der Waals surface area contributed by atoms with Gasteiger partial charge < -0.3 is 13.8 Å². The van der Waals surface area contributed by atoms with Gasteiger partial charge in [0.05, 0.1) is 11.4 Å². The van der Waals surface area contributed by atoms with Crippen molar-refractivity contribution in [1.29, 1.82) is 0 Å². The lowest BCUT2D eigenvalue weighted by atomic mass is 10.3. The number of carbonyl (C=O) groups excluding carboxylic acids is 1. The van der Waals surface area contributed by atoms with Crippen LogP contribution in [0.3, 0.4) is 0 Å². The first-order chi connectivity index (χ1) is 14.2. The summed E-state index contributed by atoms with van der Waals surface area (Å²) in [6.07, 6.45) is 3.73. The predicted molar refractivity (Wildman–Crippen MR) is 109 cm³/mol. The standard InChI is InChI=1S/C20H20N6O2S/c1-14-4-5-26-12-15(21-17(26)11-14)20(27)25-8-6-24(7-9-25)13-18-22-19(23-28-18)16-3-2-10-29-16/h2-5,10-12H,6-9,13H2,1H3. The molecule has 0 bridgehead atoms. The molecule has 4 aromatic rings. The average molecular weight is 408 g/mol. The molecule has 0 unspecified atom stereocenters. The quantitative estimate of drug-likeness (QED) is 0.517. The maximum absolute atomic E-state index is 12.8. The molecule has 5 rings (SSSR count). The van der Waals surface area contributed by atoms with Gasteiger partial charge in [0.25, 0.3) is 5.91 Å². The van der Waals surface area contributed by atoms with Crippen molar-refractivity contribution in [3.05, 3.63) is 59.2 Å². The van der Waals surface area contributed by atoms with Crippen molar-refractivity contribution in [3.8, 4) is 10.7 Å². The number of amides is 1. The number of imidazole rings is 1. The summed E-state index contributed by atoms with van der Waals surface area (Å²) < 4.78 is 7.27. The Labute approximate surface area is 171 Å². The fraction of sp³-hybridized carbons (Fsp3) is 0.300. The minimum Gasteiger partial charge on any atom is -0.338 e. The highest BCUT2D eigenvalue weighted by Crippen LogP contribution is 2.22. The zero-order valence-corrected chi connectivity index (χ0v) is 16.8. The summed E-state index contributed by atoms with van der Waals surface area (Å²) in [5, 5.41) is 6.05. The molecule has 0 aromatic carbocycles. The zero-order valence-electron chi connectivity index (χ0n) is 16.0. The third kappa shape index (κ3) is 3.66. The number of hydrogen-bond acceptors (Lipinski definition) is 7. The van der Waals surface area contributed by atoms with Gasteiger partial charge in [-0.3, -0.25) is 9.69 Å². The summed E-state index contributed by atoms with van der Waals surface area (Å²) >= 11 is 1.59. The van der Waals surface area contributed by atoms with Gasteiger partial charge in [-0.05, 0) is 36.1 Å². The Morgan fingerprint density at radius 2 is 2.07 bits per heavy atom. The number of pyridine rings is 1. The average Bonchev–Trinajstić information content (AvgIpc) is 3.48. The molecule has 148 valence electrons. The van der Waals surface area contributed by atoms with Gasteiger partial charge in [0.1, 0.15) is 11.3 Å². The Balaban J connectivity index is 1.20. The van der Waals surface area contributed by atoms with Crippen LogP contribution >= 0.6 is 11.3 Å². The van der Waals surface area contributed by atoms with Crippen molar-refractivity contribution in [2.24, 2.45) is 0 Å². The molecule has 1 fully saturated rings. The van der Waals surface area contributed by atoms with Gasteiger partial charge in [-0.15, -0.1) is 11.3 Å². The summed E-state index contributed by atoms with van der Waals surface area (Å²) in [6, 6.07) is 7.92. The van der Waals surface area contributed by atoms with E-state index in [0.717, 1.165) is 29.2 Å². The van der Waals surface area contributed by atoms with Crippen LogP contribution in [0.25, 0.3) is 16.3 Å². The normalized spacial score (nSPS) is 15.3. The number of piperazine rings is 1. The molecule has 29 heavy (non-hydrogen) atoms. The van der Waals surface area contributed by atoms with E-state index in [-0.39, 0.29) is 5.91 Å². The van der Waals surface area contributed by atoms with E-state index in [0.29, 0.717) is 37.0 Å². The van der Waals surface area contributed by atoms with Crippen LogP contribution in [-0.2, 0) is 6.54 Å². The van der Waals surface area contributed by atoms with Crippen LogP contribution in [0.2, 0.25) is 0 Å². The predicted octanol–water partition coefficient (Wildman–Crippen LogP) is 2.71. The summed E-state index contributed by atoms with van der Waals surface area (Å²) in [4.78, 5) is 26.9. The van der Waals surface area contributed by atoms with E-state index in [1.807, 2.05) is 52.1 Å². The molecular weight excluding hydrogens is 388 g/mol. The third-order valence-electron chi connectivity index (χ3n) is 5.06. The van der Waals surface area contributed by atoms with E-state index in [4.69, 9.17) is 4.52 Å². The lowest BCUT2D eigenvalue weighted by Gasteiger charge is -2.33. The van der Waals surface area contributed by atoms with Crippen molar-refractivity contribution in [2.75, 3.05) is 26.2 Å². The SMILES string of the molecule is Cc1ccn2cc(C(=O)N3CCN(Cc4nc(-c5cccs5)no4)CC3)nc2c1. The summed E-state index contributed by atoms with van der Waals surface area (Å²) in [6.45, 7) is 5.43. The number of fused-ring (bicyclic) bond motifs is 1. The van der Waals surface area contributed by atoms with Crippen LogP contribution in [0.1, 0.15) is 21.9 Å². The molecule has 0 saturated carbocycles. The molecule has 4 aromatic heterocycles. The molecular formula is C20H20N6O2S. The molecule has 0 radical (unpaired) electrons. The zero-order chi connectivity index (χ0) is 19.8. The summed E-state index contributed by atoms with van der Waals surface area (Å²) in [7, 11) is 0. The number of thiophene rings is 1. The van der Waals surface area contributed by atoms with Gasteiger partial charge in [-0.1, -0.05) is 11.2 Å². The fourth-order valence-electron chi connectivity index (χ4n) is 3.47. The Morgan fingerprint density at radius 1 is 1.21 bits per heavy atom. The summed E-state index contributed by atoms with van der Waals surface area (Å²) in [5.41, 5.74) is 2.41. The van der Waals surface area contributed by atoms with Gasteiger partial charge in [0.15, 0.2) is 0 Å². The van der Waals surface area contributed by atoms with Crippen LogP contribution in [0.4, 0.5) is 0 Å². The second kappa shape index (κ2) is 7.41. The maximum Gasteiger partial charge on any atom is 0.274 e. The first-order valence-electron chi connectivity index (χ1n) is 9.49. The molecule has 1 aliphatic rings. The second-order valence-corrected chi connectivity index (χ2v) is 8.10. The highest BCUT2D eigenvalue weighted by atomic mass is 32.1. The Kier molecular flexibility index (Phi) is 4.61. The van der Waals surface area contributed by atoms with E-state index in [2.05, 4.69) is 20.0 Å². The van der Waals surface area contributed by atoms with Gasteiger partial charge in [0, 0.05) is 38.6 Å². The van der Waals surface area contributed by atoms with Crippen molar-refractivity contribution >= 4 is 22.9 Å². The van der Waals surface area contributed by atoms with Crippen LogP contribution < -0.4 is 0 Å². The Morgan fingerprint density at radius 3 is 2.86 bits per heavy atom. The van der Waals surface area contributed by atoms with E-state index in [9.17, 15) is 4.79 Å². The molecule has 0 atom stereocenters. The molecule has 0 spiro atoms. The van der Waals surface area contributed by atoms with E-state index < -0.39 is 0 Å². The van der Waals surface area contributed by atoms with Crippen molar-refractivity contribution in [2.45, 2.75) is 13.5 Å². The third-order valence-corrected chi connectivity index (χ3v) is 5.93. The largest absolute Gasteiger partial charge is 0.338 e. The van der Waals surface area contributed by atoms with Crippen LogP contribution in [0.5, 0.6) is 0 Å². The maximum atomic E-state index is 12.8. The highest BCUT2D eigenvalue weighted by molar-refractivity contribution is 7.13. The molecule has 8 nitrogen and oxygen atoms in total. The topological polar surface area (TPSA) is 79.8 Å². The molecule has 1 amide bonds. The molecule has 9 heteroatoms. The minimum atomic E-state index is -0.0243. The van der Waals surface area contributed by atoms with Gasteiger partial charge >= 0.3 is 0 Å². The van der Waals surface area contributed by atoms with Gasteiger partial charge in [-0.2, -0.15) is 4.98 Å².